The number of nitrogens with zero attached hydrogens (tertiary/aromatic N) is 1. The molecule has 0 aliphatic heterocycles. The van der Waals surface area contributed by atoms with Gasteiger partial charge in [-0.2, -0.15) is 4.98 Å². The SMILES string of the molecule is Fc1ccc(-c2nc(Cl)oc2-c2ccc(F)cc2)cc1. The highest BCUT2D eigenvalue weighted by atomic mass is 35.5. The maximum Gasteiger partial charge on any atom is 0.293 e. The fourth-order valence-corrected chi connectivity index (χ4v) is 2.06. The Morgan fingerprint density at radius 2 is 1.30 bits per heavy atom. The third-order valence-corrected chi connectivity index (χ3v) is 2.99. The molecule has 0 spiro atoms. The Morgan fingerprint density at radius 3 is 1.85 bits per heavy atom. The molecule has 1 aromatic heterocycles. The number of rotatable bonds is 2. The fraction of sp³-hybridized carbons (Fsp3) is 0. The summed E-state index contributed by atoms with van der Waals surface area (Å²) in [6, 6.07) is 11.6. The third-order valence-electron chi connectivity index (χ3n) is 2.83. The minimum Gasteiger partial charge on any atom is -0.427 e. The van der Waals surface area contributed by atoms with Gasteiger partial charge in [0.25, 0.3) is 5.35 Å². The van der Waals surface area contributed by atoms with E-state index in [1.165, 1.54) is 24.3 Å². The van der Waals surface area contributed by atoms with Gasteiger partial charge in [0.05, 0.1) is 0 Å². The van der Waals surface area contributed by atoms with Gasteiger partial charge in [-0.1, -0.05) is 0 Å². The Hall–Kier alpha value is -2.20. The molecule has 5 heteroatoms. The summed E-state index contributed by atoms with van der Waals surface area (Å²) in [5.41, 5.74) is 1.80. The minimum atomic E-state index is -0.345. The van der Waals surface area contributed by atoms with Crippen LogP contribution in [-0.2, 0) is 0 Å². The van der Waals surface area contributed by atoms with Crippen LogP contribution in [0.5, 0.6) is 0 Å². The first-order chi connectivity index (χ1) is 9.63. The van der Waals surface area contributed by atoms with Crippen molar-refractivity contribution in [3.8, 4) is 22.6 Å². The van der Waals surface area contributed by atoms with Crippen LogP contribution in [0.1, 0.15) is 0 Å². The van der Waals surface area contributed by atoms with Crippen molar-refractivity contribution < 1.29 is 13.2 Å². The summed E-state index contributed by atoms with van der Waals surface area (Å²) in [6.07, 6.45) is 0. The van der Waals surface area contributed by atoms with E-state index in [2.05, 4.69) is 4.98 Å². The van der Waals surface area contributed by atoms with Gasteiger partial charge in [-0.05, 0) is 60.1 Å². The predicted octanol–water partition coefficient (Wildman–Crippen LogP) is 4.94. The molecule has 20 heavy (non-hydrogen) atoms. The van der Waals surface area contributed by atoms with Gasteiger partial charge in [-0.25, -0.2) is 8.78 Å². The smallest absolute Gasteiger partial charge is 0.293 e. The van der Waals surface area contributed by atoms with Crippen molar-refractivity contribution in [1.82, 2.24) is 4.98 Å². The highest BCUT2D eigenvalue weighted by Gasteiger charge is 2.16. The minimum absolute atomic E-state index is 0.0244. The Labute approximate surface area is 118 Å². The van der Waals surface area contributed by atoms with E-state index in [9.17, 15) is 8.78 Å². The zero-order valence-corrected chi connectivity index (χ0v) is 10.9. The average Bonchev–Trinajstić information content (AvgIpc) is 2.82. The van der Waals surface area contributed by atoms with E-state index in [1.807, 2.05) is 0 Å². The van der Waals surface area contributed by atoms with Crippen molar-refractivity contribution >= 4 is 11.6 Å². The standard InChI is InChI=1S/C15H8ClF2NO/c16-15-19-13(9-1-5-11(17)6-2-9)14(20-15)10-3-7-12(18)8-4-10/h1-8H. The van der Waals surface area contributed by atoms with Crippen molar-refractivity contribution in [2.75, 3.05) is 0 Å². The largest absolute Gasteiger partial charge is 0.427 e. The number of aromatic nitrogens is 1. The molecule has 0 aliphatic rings. The molecule has 0 atom stereocenters. The Bertz CT molecular complexity index is 673. The third kappa shape index (κ3) is 2.42. The quantitative estimate of drug-likeness (QED) is 0.668. The Kier molecular flexibility index (Phi) is 3.24. The zero-order valence-electron chi connectivity index (χ0n) is 10.1. The average molecular weight is 292 g/mol. The van der Waals surface area contributed by atoms with E-state index in [4.69, 9.17) is 16.0 Å². The summed E-state index contributed by atoms with van der Waals surface area (Å²) in [5.74, 6) is -0.268. The summed E-state index contributed by atoms with van der Waals surface area (Å²) >= 11 is 5.80. The number of halogens is 3. The maximum absolute atomic E-state index is 13.0. The first-order valence-corrected chi connectivity index (χ1v) is 6.19. The van der Waals surface area contributed by atoms with Gasteiger partial charge in [0.1, 0.15) is 17.3 Å². The molecule has 2 nitrogen and oxygen atoms in total. The van der Waals surface area contributed by atoms with Crippen molar-refractivity contribution in [3.63, 3.8) is 0 Å². The van der Waals surface area contributed by atoms with Crippen LogP contribution in [0.3, 0.4) is 0 Å². The molecule has 0 bridgehead atoms. The molecule has 3 aromatic rings. The van der Waals surface area contributed by atoms with E-state index < -0.39 is 0 Å². The molecule has 0 N–H and O–H groups in total. The van der Waals surface area contributed by atoms with Gasteiger partial charge in [0.15, 0.2) is 5.76 Å². The molecule has 0 radical (unpaired) electrons. The van der Waals surface area contributed by atoms with Gasteiger partial charge in [-0.15, -0.1) is 0 Å². The van der Waals surface area contributed by atoms with Crippen LogP contribution >= 0.6 is 11.6 Å². The second-order valence-corrected chi connectivity index (χ2v) is 4.48. The molecule has 100 valence electrons. The maximum atomic E-state index is 13.0. The van der Waals surface area contributed by atoms with Crippen LogP contribution in [0.15, 0.2) is 52.9 Å². The second kappa shape index (κ2) is 5.06. The van der Waals surface area contributed by atoms with Gasteiger partial charge in [0, 0.05) is 11.1 Å². The Morgan fingerprint density at radius 1 is 0.800 bits per heavy atom. The normalized spacial score (nSPS) is 10.8. The predicted molar refractivity (Wildman–Crippen MR) is 72.3 cm³/mol. The number of benzene rings is 2. The summed E-state index contributed by atoms with van der Waals surface area (Å²) in [4.78, 5) is 4.09. The van der Waals surface area contributed by atoms with E-state index in [0.29, 0.717) is 22.6 Å². The summed E-state index contributed by atoms with van der Waals surface area (Å²) in [7, 11) is 0. The first-order valence-electron chi connectivity index (χ1n) is 5.82. The van der Waals surface area contributed by atoms with Crippen LogP contribution in [0.2, 0.25) is 5.35 Å². The van der Waals surface area contributed by atoms with E-state index in [0.717, 1.165) is 0 Å². The molecule has 0 saturated heterocycles. The Balaban J connectivity index is 2.12. The number of hydrogen-bond acceptors (Lipinski definition) is 2. The molecule has 0 amide bonds. The van der Waals surface area contributed by atoms with Crippen LogP contribution in [-0.4, -0.2) is 4.98 Å². The lowest BCUT2D eigenvalue weighted by molar-refractivity contribution is 0.574. The highest BCUT2D eigenvalue weighted by Crippen LogP contribution is 2.34. The molecule has 0 aliphatic carbocycles. The molecule has 0 fully saturated rings. The van der Waals surface area contributed by atoms with E-state index >= 15 is 0 Å². The molecule has 3 rings (SSSR count). The van der Waals surface area contributed by atoms with Gasteiger partial charge in [-0.3, -0.25) is 0 Å². The van der Waals surface area contributed by atoms with Gasteiger partial charge in [0.2, 0.25) is 0 Å². The van der Waals surface area contributed by atoms with Crippen molar-refractivity contribution in [2.24, 2.45) is 0 Å². The number of hydrogen-bond donors (Lipinski definition) is 0. The fourth-order valence-electron chi connectivity index (χ4n) is 1.89. The van der Waals surface area contributed by atoms with Crippen LogP contribution in [0.25, 0.3) is 22.6 Å². The first kappa shape index (κ1) is 12.8. The molecular weight excluding hydrogens is 284 g/mol. The van der Waals surface area contributed by atoms with Gasteiger partial charge < -0.3 is 4.42 Å². The summed E-state index contributed by atoms with van der Waals surface area (Å²) < 4.78 is 31.3. The molecular formula is C15H8ClF2NO. The highest BCUT2D eigenvalue weighted by molar-refractivity contribution is 6.28. The van der Waals surface area contributed by atoms with Gasteiger partial charge >= 0.3 is 0 Å². The topological polar surface area (TPSA) is 26.0 Å². The molecule has 2 aromatic carbocycles. The lowest BCUT2D eigenvalue weighted by atomic mass is 10.1. The lowest BCUT2D eigenvalue weighted by Gasteiger charge is -2.01. The lowest BCUT2D eigenvalue weighted by Crippen LogP contribution is -1.84. The number of oxazole rings is 1. The van der Waals surface area contributed by atoms with Crippen molar-refractivity contribution in [1.29, 1.82) is 0 Å². The summed E-state index contributed by atoms with van der Waals surface area (Å²) in [5, 5.41) is -0.0244. The van der Waals surface area contributed by atoms with Crippen molar-refractivity contribution in [3.05, 3.63) is 65.5 Å². The van der Waals surface area contributed by atoms with Crippen LogP contribution in [0, 0.1) is 11.6 Å². The summed E-state index contributed by atoms with van der Waals surface area (Å²) in [6.45, 7) is 0. The molecule has 0 unspecified atom stereocenters. The molecule has 0 saturated carbocycles. The van der Waals surface area contributed by atoms with E-state index in [1.54, 1.807) is 24.3 Å². The van der Waals surface area contributed by atoms with E-state index in [-0.39, 0.29) is 17.0 Å². The monoisotopic (exact) mass is 291 g/mol. The van der Waals surface area contributed by atoms with Crippen LogP contribution in [0.4, 0.5) is 8.78 Å². The van der Waals surface area contributed by atoms with Crippen molar-refractivity contribution in [2.45, 2.75) is 0 Å². The van der Waals surface area contributed by atoms with Crippen LogP contribution < -0.4 is 0 Å². The molecule has 1 heterocycles. The zero-order chi connectivity index (χ0) is 14.1. The second-order valence-electron chi connectivity index (χ2n) is 4.16.